The van der Waals surface area contributed by atoms with Gasteiger partial charge in [-0.15, -0.1) is 0 Å². The van der Waals surface area contributed by atoms with Crippen LogP contribution in [-0.2, 0) is 0 Å². The van der Waals surface area contributed by atoms with Crippen molar-refractivity contribution in [2.24, 2.45) is 0 Å². The molecule has 0 fully saturated rings. The van der Waals surface area contributed by atoms with Crippen LogP contribution in [-0.4, -0.2) is 15.2 Å². The van der Waals surface area contributed by atoms with Gasteiger partial charge in [-0.3, -0.25) is 0 Å². The molecule has 1 heterocycles. The lowest BCUT2D eigenvalue weighted by Gasteiger charge is -2.00. The summed E-state index contributed by atoms with van der Waals surface area (Å²) in [5.41, 5.74) is 0.863. The minimum Gasteiger partial charge on any atom is -0.385 e. The molecule has 0 bridgehead atoms. The van der Waals surface area contributed by atoms with Crippen LogP contribution >= 0.6 is 38.5 Å². The van der Waals surface area contributed by atoms with E-state index in [2.05, 4.69) is 48.7 Å². The number of hydrogen-bond donors (Lipinski definition) is 1. The van der Waals surface area contributed by atoms with Gasteiger partial charge in [0.2, 0.25) is 5.82 Å². The molecule has 90 valence electrons. The zero-order chi connectivity index (χ0) is 12.4. The average molecular weight is 409 g/mol. The normalized spacial score (nSPS) is 12.7. The topological polar surface area (TPSA) is 59.2 Å². The molecule has 0 amide bonds. The molecule has 1 N–H and O–H groups in total. The van der Waals surface area contributed by atoms with Crippen LogP contribution in [0.1, 0.15) is 25.3 Å². The molecule has 4 nitrogen and oxygen atoms in total. The summed E-state index contributed by atoms with van der Waals surface area (Å²) in [5, 5.41) is 13.4. The fourth-order valence-electron chi connectivity index (χ4n) is 1.32. The second kappa shape index (κ2) is 5.45. The van der Waals surface area contributed by atoms with Gasteiger partial charge < -0.3 is 9.63 Å². The number of rotatable bonds is 3. The lowest BCUT2D eigenvalue weighted by atomic mass is 10.2. The van der Waals surface area contributed by atoms with E-state index in [9.17, 15) is 5.11 Å². The molecule has 1 unspecified atom stereocenters. The Bertz CT molecular complexity index is 530. The second-order valence-corrected chi connectivity index (χ2v) is 5.58. The van der Waals surface area contributed by atoms with Crippen LogP contribution < -0.4 is 0 Å². The standard InChI is InChI=1S/C11H10BrIN2O2/c1-2-9(16)10-14-11(17-15-10)7-5-6(12)3-4-8(7)13/h3-5,9,16H,2H2,1H3. The molecule has 0 saturated carbocycles. The summed E-state index contributed by atoms with van der Waals surface area (Å²) in [6.45, 7) is 1.86. The predicted octanol–water partition coefficient (Wildman–Crippen LogP) is 3.55. The molecule has 0 saturated heterocycles. The van der Waals surface area contributed by atoms with Crippen molar-refractivity contribution >= 4 is 38.5 Å². The molecule has 2 aromatic rings. The molecule has 0 radical (unpaired) electrons. The van der Waals surface area contributed by atoms with Gasteiger partial charge in [-0.1, -0.05) is 28.0 Å². The number of benzene rings is 1. The number of hydrogen-bond acceptors (Lipinski definition) is 4. The third-order valence-electron chi connectivity index (χ3n) is 2.29. The monoisotopic (exact) mass is 408 g/mol. The molecule has 1 aromatic heterocycles. The average Bonchev–Trinajstić information content (AvgIpc) is 2.80. The molecule has 0 aliphatic carbocycles. The first-order chi connectivity index (χ1) is 8.11. The van der Waals surface area contributed by atoms with Crippen molar-refractivity contribution in [3.63, 3.8) is 0 Å². The van der Waals surface area contributed by atoms with E-state index < -0.39 is 6.10 Å². The molecular weight excluding hydrogens is 399 g/mol. The minimum absolute atomic E-state index is 0.332. The zero-order valence-corrected chi connectivity index (χ0v) is 12.8. The Morgan fingerprint density at radius 2 is 2.29 bits per heavy atom. The van der Waals surface area contributed by atoms with E-state index in [1.807, 2.05) is 25.1 Å². The third kappa shape index (κ3) is 2.86. The summed E-state index contributed by atoms with van der Waals surface area (Å²) in [6.07, 6.45) is -0.105. The van der Waals surface area contributed by atoms with Gasteiger partial charge in [0.1, 0.15) is 6.10 Å². The van der Waals surface area contributed by atoms with E-state index in [1.54, 1.807) is 0 Å². The fourth-order valence-corrected chi connectivity index (χ4v) is 2.25. The number of aliphatic hydroxyl groups excluding tert-OH is 1. The SMILES string of the molecule is CCC(O)c1noc(-c2cc(Br)ccc2I)n1. The van der Waals surface area contributed by atoms with Crippen molar-refractivity contribution in [1.29, 1.82) is 0 Å². The molecule has 0 aliphatic rings. The Hall–Kier alpha value is -0.470. The Morgan fingerprint density at radius 1 is 1.53 bits per heavy atom. The van der Waals surface area contributed by atoms with Crippen LogP contribution in [0, 0.1) is 3.57 Å². The van der Waals surface area contributed by atoms with Crippen LogP contribution in [0.15, 0.2) is 27.2 Å². The van der Waals surface area contributed by atoms with Gasteiger partial charge in [-0.05, 0) is 47.2 Å². The molecule has 17 heavy (non-hydrogen) atoms. The maximum atomic E-state index is 9.62. The van der Waals surface area contributed by atoms with E-state index in [0.29, 0.717) is 18.1 Å². The van der Waals surface area contributed by atoms with Crippen molar-refractivity contribution in [3.05, 3.63) is 32.1 Å². The first-order valence-electron chi connectivity index (χ1n) is 5.09. The van der Waals surface area contributed by atoms with Crippen LogP contribution in [0.2, 0.25) is 0 Å². The van der Waals surface area contributed by atoms with E-state index >= 15 is 0 Å². The van der Waals surface area contributed by atoms with Gasteiger partial charge in [0.15, 0.2) is 0 Å². The van der Waals surface area contributed by atoms with Crippen molar-refractivity contribution in [1.82, 2.24) is 10.1 Å². The fraction of sp³-hybridized carbons (Fsp3) is 0.273. The van der Waals surface area contributed by atoms with Crippen molar-refractivity contribution in [3.8, 4) is 11.5 Å². The number of halogens is 2. The molecule has 0 spiro atoms. The van der Waals surface area contributed by atoms with Gasteiger partial charge >= 0.3 is 0 Å². The molecule has 6 heteroatoms. The van der Waals surface area contributed by atoms with E-state index in [4.69, 9.17) is 4.52 Å². The van der Waals surface area contributed by atoms with E-state index in [1.165, 1.54) is 0 Å². The van der Waals surface area contributed by atoms with Gasteiger partial charge in [0, 0.05) is 8.04 Å². The zero-order valence-electron chi connectivity index (χ0n) is 9.02. The van der Waals surface area contributed by atoms with Crippen LogP contribution in [0.5, 0.6) is 0 Å². The van der Waals surface area contributed by atoms with Gasteiger partial charge in [-0.25, -0.2) is 0 Å². The Kier molecular flexibility index (Phi) is 4.16. The molecular formula is C11H10BrIN2O2. The van der Waals surface area contributed by atoms with Gasteiger partial charge in [0.05, 0.1) is 5.56 Å². The molecule has 1 atom stereocenters. The summed E-state index contributed by atoms with van der Waals surface area (Å²) in [7, 11) is 0. The van der Waals surface area contributed by atoms with Crippen molar-refractivity contribution in [2.75, 3.05) is 0 Å². The summed E-state index contributed by atoms with van der Waals surface area (Å²) in [6, 6.07) is 5.82. The lowest BCUT2D eigenvalue weighted by molar-refractivity contribution is 0.159. The summed E-state index contributed by atoms with van der Waals surface area (Å²) < 4.78 is 7.13. The first kappa shape index (κ1) is 13.0. The highest BCUT2D eigenvalue weighted by Gasteiger charge is 2.16. The third-order valence-corrected chi connectivity index (χ3v) is 3.72. The Morgan fingerprint density at radius 3 is 3.00 bits per heavy atom. The van der Waals surface area contributed by atoms with E-state index in [0.717, 1.165) is 13.6 Å². The van der Waals surface area contributed by atoms with Crippen molar-refractivity contribution in [2.45, 2.75) is 19.4 Å². The highest BCUT2D eigenvalue weighted by Crippen LogP contribution is 2.28. The van der Waals surface area contributed by atoms with Crippen LogP contribution in [0.4, 0.5) is 0 Å². The van der Waals surface area contributed by atoms with Crippen LogP contribution in [0.25, 0.3) is 11.5 Å². The molecule has 0 aliphatic heterocycles. The predicted molar refractivity (Wildman–Crippen MR) is 75.4 cm³/mol. The summed E-state index contributed by atoms with van der Waals surface area (Å²) in [4.78, 5) is 4.20. The maximum absolute atomic E-state index is 9.62. The Balaban J connectivity index is 2.40. The number of aliphatic hydroxyl groups is 1. The highest BCUT2D eigenvalue weighted by molar-refractivity contribution is 14.1. The minimum atomic E-state index is -0.669. The Labute approximate surface area is 121 Å². The molecule has 1 aromatic carbocycles. The maximum Gasteiger partial charge on any atom is 0.259 e. The molecule has 2 rings (SSSR count). The van der Waals surface area contributed by atoms with Crippen LogP contribution in [0.3, 0.4) is 0 Å². The largest absolute Gasteiger partial charge is 0.385 e. The second-order valence-electron chi connectivity index (χ2n) is 3.51. The first-order valence-corrected chi connectivity index (χ1v) is 6.96. The van der Waals surface area contributed by atoms with Gasteiger partial charge in [0.25, 0.3) is 5.89 Å². The van der Waals surface area contributed by atoms with Crippen molar-refractivity contribution < 1.29 is 9.63 Å². The lowest BCUT2D eigenvalue weighted by Crippen LogP contribution is -1.97. The smallest absolute Gasteiger partial charge is 0.259 e. The summed E-state index contributed by atoms with van der Waals surface area (Å²) in [5.74, 6) is 0.761. The number of nitrogens with zero attached hydrogens (tertiary/aromatic N) is 2. The highest BCUT2D eigenvalue weighted by atomic mass is 127. The number of aromatic nitrogens is 2. The van der Waals surface area contributed by atoms with Gasteiger partial charge in [-0.2, -0.15) is 4.98 Å². The van der Waals surface area contributed by atoms with E-state index in [-0.39, 0.29) is 0 Å². The quantitative estimate of drug-likeness (QED) is 0.789. The summed E-state index contributed by atoms with van der Waals surface area (Å²) >= 11 is 5.61.